The maximum absolute atomic E-state index is 13.0. The van der Waals surface area contributed by atoms with Crippen LogP contribution in [0.4, 0.5) is 4.39 Å². The van der Waals surface area contributed by atoms with Crippen LogP contribution in [0, 0.1) is 5.82 Å². The summed E-state index contributed by atoms with van der Waals surface area (Å²) in [5.41, 5.74) is 6.36. The zero-order chi connectivity index (χ0) is 12.8. The number of rotatable bonds is 5. The molecule has 94 valence electrons. The highest BCUT2D eigenvalue weighted by molar-refractivity contribution is 5.71. The number of halogens is 1. The highest BCUT2D eigenvalue weighted by Gasteiger charge is 2.11. The van der Waals surface area contributed by atoms with Gasteiger partial charge in [-0.15, -0.1) is 0 Å². The summed E-state index contributed by atoms with van der Waals surface area (Å²) in [6.07, 6.45) is 0. The number of esters is 1. The molecule has 0 bridgehead atoms. The van der Waals surface area contributed by atoms with Crippen LogP contribution in [-0.4, -0.2) is 19.2 Å². The molecule has 17 heavy (non-hydrogen) atoms. The lowest BCUT2D eigenvalue weighted by atomic mass is 10.1. The van der Waals surface area contributed by atoms with Crippen molar-refractivity contribution in [3.05, 3.63) is 29.6 Å². The largest absolute Gasteiger partial charge is 0.481 e. The van der Waals surface area contributed by atoms with Gasteiger partial charge in [-0.25, -0.2) is 9.18 Å². The molecule has 1 atom stereocenters. The predicted octanol–water partition coefficient (Wildman–Crippen LogP) is 1.79. The second kappa shape index (κ2) is 6.20. The molecule has 0 saturated heterocycles. The number of hydrogen-bond donors (Lipinski definition) is 1. The molecule has 0 radical (unpaired) electrons. The average molecular weight is 241 g/mol. The normalized spacial score (nSPS) is 12.0. The second-order valence-electron chi connectivity index (χ2n) is 3.56. The van der Waals surface area contributed by atoms with Crippen molar-refractivity contribution in [1.29, 1.82) is 0 Å². The molecule has 0 unspecified atom stereocenters. The quantitative estimate of drug-likeness (QED) is 0.798. The third-order valence-corrected chi connectivity index (χ3v) is 2.12. The van der Waals surface area contributed by atoms with Gasteiger partial charge < -0.3 is 15.2 Å². The van der Waals surface area contributed by atoms with E-state index in [0.717, 1.165) is 0 Å². The van der Waals surface area contributed by atoms with E-state index in [1.165, 1.54) is 12.1 Å². The third-order valence-electron chi connectivity index (χ3n) is 2.12. The summed E-state index contributed by atoms with van der Waals surface area (Å²) in [6.45, 7) is 3.49. The highest BCUT2D eigenvalue weighted by atomic mass is 19.1. The zero-order valence-electron chi connectivity index (χ0n) is 9.90. The van der Waals surface area contributed by atoms with E-state index in [2.05, 4.69) is 0 Å². The van der Waals surface area contributed by atoms with Crippen LogP contribution < -0.4 is 10.5 Å². The van der Waals surface area contributed by atoms with Crippen LogP contribution in [0.25, 0.3) is 0 Å². The number of ether oxygens (including phenoxy) is 2. The van der Waals surface area contributed by atoms with Crippen LogP contribution in [0.15, 0.2) is 18.2 Å². The lowest BCUT2D eigenvalue weighted by Gasteiger charge is -2.13. The summed E-state index contributed by atoms with van der Waals surface area (Å²) in [6, 6.07) is 3.75. The van der Waals surface area contributed by atoms with E-state index in [0.29, 0.717) is 5.56 Å². The Balaban J connectivity index is 2.75. The first-order chi connectivity index (χ1) is 8.04. The van der Waals surface area contributed by atoms with E-state index in [1.807, 2.05) is 0 Å². The molecule has 0 aliphatic rings. The van der Waals surface area contributed by atoms with Crippen molar-refractivity contribution in [1.82, 2.24) is 0 Å². The smallest absolute Gasteiger partial charge is 0.344 e. The minimum absolute atomic E-state index is 0.253. The van der Waals surface area contributed by atoms with Crippen molar-refractivity contribution >= 4 is 5.97 Å². The van der Waals surface area contributed by atoms with E-state index in [4.69, 9.17) is 15.2 Å². The van der Waals surface area contributed by atoms with E-state index < -0.39 is 11.8 Å². The summed E-state index contributed by atoms with van der Waals surface area (Å²) < 4.78 is 23.0. The maximum atomic E-state index is 13.0. The van der Waals surface area contributed by atoms with Crippen molar-refractivity contribution in [3.8, 4) is 5.75 Å². The first-order valence-corrected chi connectivity index (χ1v) is 5.38. The van der Waals surface area contributed by atoms with Crippen molar-refractivity contribution < 1.29 is 18.7 Å². The highest BCUT2D eigenvalue weighted by Crippen LogP contribution is 2.24. The van der Waals surface area contributed by atoms with Crippen molar-refractivity contribution in [2.24, 2.45) is 5.73 Å². The van der Waals surface area contributed by atoms with Crippen LogP contribution in [0.5, 0.6) is 5.75 Å². The Hall–Kier alpha value is -1.62. The summed E-state index contributed by atoms with van der Waals surface area (Å²) in [5, 5.41) is 0. The van der Waals surface area contributed by atoms with Gasteiger partial charge in [-0.2, -0.15) is 0 Å². The number of carbonyl (C=O) groups excluding carboxylic acids is 1. The predicted molar refractivity (Wildman–Crippen MR) is 61.1 cm³/mol. The van der Waals surface area contributed by atoms with Crippen molar-refractivity contribution in [2.45, 2.75) is 19.9 Å². The molecule has 1 aromatic rings. The third kappa shape index (κ3) is 4.03. The molecule has 1 rings (SSSR count). The van der Waals surface area contributed by atoms with E-state index in [-0.39, 0.29) is 25.0 Å². The molecule has 1 aromatic carbocycles. The summed E-state index contributed by atoms with van der Waals surface area (Å²) in [5.74, 6) is -0.659. The van der Waals surface area contributed by atoms with Gasteiger partial charge in [0, 0.05) is 17.7 Å². The molecule has 0 amide bonds. The molecule has 5 heteroatoms. The van der Waals surface area contributed by atoms with Crippen LogP contribution in [0.3, 0.4) is 0 Å². The van der Waals surface area contributed by atoms with Gasteiger partial charge >= 0.3 is 5.97 Å². The fourth-order valence-electron chi connectivity index (χ4n) is 1.35. The van der Waals surface area contributed by atoms with Crippen LogP contribution in [0.2, 0.25) is 0 Å². The van der Waals surface area contributed by atoms with Crippen LogP contribution >= 0.6 is 0 Å². The topological polar surface area (TPSA) is 61.5 Å². The number of benzene rings is 1. The molecule has 0 aliphatic heterocycles. The second-order valence-corrected chi connectivity index (χ2v) is 3.56. The Bertz CT molecular complexity index is 393. The van der Waals surface area contributed by atoms with Gasteiger partial charge in [0.1, 0.15) is 11.6 Å². The van der Waals surface area contributed by atoms with E-state index in [1.54, 1.807) is 19.9 Å². The summed E-state index contributed by atoms with van der Waals surface area (Å²) in [7, 11) is 0. The summed E-state index contributed by atoms with van der Waals surface area (Å²) in [4.78, 5) is 11.1. The Kier molecular flexibility index (Phi) is 4.90. The molecule has 2 N–H and O–H groups in total. The Morgan fingerprint density at radius 2 is 2.24 bits per heavy atom. The van der Waals surface area contributed by atoms with Crippen LogP contribution in [0.1, 0.15) is 25.5 Å². The monoisotopic (exact) mass is 241 g/mol. The molecule has 0 aliphatic carbocycles. The molecular formula is C12H16FNO3. The zero-order valence-corrected chi connectivity index (χ0v) is 9.90. The standard InChI is InChI=1S/C12H16FNO3/c1-3-16-12(15)7-17-11-6-9(13)4-5-10(11)8(2)14/h4-6,8H,3,7,14H2,1-2H3/t8-/m1/s1. The lowest BCUT2D eigenvalue weighted by Crippen LogP contribution is -2.16. The SMILES string of the molecule is CCOC(=O)COc1cc(F)ccc1[C@@H](C)N. The van der Waals surface area contributed by atoms with Crippen molar-refractivity contribution in [2.75, 3.05) is 13.2 Å². The molecule has 0 fully saturated rings. The van der Waals surface area contributed by atoms with Gasteiger partial charge in [-0.05, 0) is 19.9 Å². The Morgan fingerprint density at radius 3 is 2.82 bits per heavy atom. The van der Waals surface area contributed by atoms with Gasteiger partial charge in [0.15, 0.2) is 6.61 Å². The van der Waals surface area contributed by atoms with Crippen molar-refractivity contribution in [3.63, 3.8) is 0 Å². The van der Waals surface area contributed by atoms with Crippen LogP contribution in [-0.2, 0) is 9.53 Å². The molecule has 0 aromatic heterocycles. The first-order valence-electron chi connectivity index (χ1n) is 5.38. The van der Waals surface area contributed by atoms with Gasteiger partial charge in [0.05, 0.1) is 6.61 Å². The molecule has 0 spiro atoms. The molecule has 0 saturated carbocycles. The molecular weight excluding hydrogens is 225 g/mol. The lowest BCUT2D eigenvalue weighted by molar-refractivity contribution is -0.145. The minimum Gasteiger partial charge on any atom is -0.481 e. The number of carbonyl (C=O) groups is 1. The minimum atomic E-state index is -0.493. The van der Waals surface area contributed by atoms with E-state index >= 15 is 0 Å². The average Bonchev–Trinajstić information content (AvgIpc) is 2.26. The number of hydrogen-bond acceptors (Lipinski definition) is 4. The molecule has 0 heterocycles. The maximum Gasteiger partial charge on any atom is 0.344 e. The Labute approximate surface area is 99.5 Å². The van der Waals surface area contributed by atoms with E-state index in [9.17, 15) is 9.18 Å². The first kappa shape index (κ1) is 13.4. The number of nitrogens with two attached hydrogens (primary N) is 1. The van der Waals surface area contributed by atoms with Gasteiger partial charge in [0.25, 0.3) is 0 Å². The van der Waals surface area contributed by atoms with Gasteiger partial charge in [-0.3, -0.25) is 0 Å². The fraction of sp³-hybridized carbons (Fsp3) is 0.417. The van der Waals surface area contributed by atoms with Gasteiger partial charge in [0.2, 0.25) is 0 Å². The van der Waals surface area contributed by atoms with Gasteiger partial charge in [-0.1, -0.05) is 6.07 Å². The summed E-state index contributed by atoms with van der Waals surface area (Å²) >= 11 is 0. The Morgan fingerprint density at radius 1 is 1.53 bits per heavy atom. The fourth-order valence-corrected chi connectivity index (χ4v) is 1.35. The molecule has 4 nitrogen and oxygen atoms in total.